The lowest BCUT2D eigenvalue weighted by Gasteiger charge is -2.19. The highest BCUT2D eigenvalue weighted by molar-refractivity contribution is 7.92. The minimum Gasteiger partial charge on any atom is -0.379 e. The average molecular weight is 333 g/mol. The third kappa shape index (κ3) is 4.14. The van der Waals surface area contributed by atoms with Gasteiger partial charge in [-0.1, -0.05) is 11.3 Å². The number of aromatic nitrogens is 1. The SMILES string of the molecule is COCc1cnc(NC(=O)N2CCC(C)S(=O)(=O)CC2)s1. The third-order valence-corrected chi connectivity index (χ3v) is 6.51. The predicted octanol–water partition coefficient (Wildman–Crippen LogP) is 1.33. The first-order valence-electron chi connectivity index (χ1n) is 6.63. The van der Waals surface area contributed by atoms with Gasteiger partial charge in [0.1, 0.15) is 0 Å². The second-order valence-corrected chi connectivity index (χ2v) is 8.60. The molecule has 1 unspecified atom stereocenters. The minimum atomic E-state index is -3.09. The van der Waals surface area contributed by atoms with Crippen LogP contribution in [0.15, 0.2) is 6.20 Å². The summed E-state index contributed by atoms with van der Waals surface area (Å²) in [6.45, 7) is 2.79. The van der Waals surface area contributed by atoms with E-state index < -0.39 is 15.1 Å². The largest absolute Gasteiger partial charge is 0.379 e. The molecule has 1 atom stereocenters. The standard InChI is InChI=1S/C12H19N3O4S2/c1-9-3-4-15(5-6-21(9,17)18)12(16)14-11-13-7-10(20-11)8-19-2/h7,9H,3-6,8H2,1-2H3,(H,13,14,16). The molecule has 0 aromatic carbocycles. The lowest BCUT2D eigenvalue weighted by Crippen LogP contribution is -2.37. The van der Waals surface area contributed by atoms with Gasteiger partial charge in [0.15, 0.2) is 15.0 Å². The van der Waals surface area contributed by atoms with Crippen LogP contribution in [0.2, 0.25) is 0 Å². The molecule has 1 aliphatic heterocycles. The number of methoxy groups -OCH3 is 1. The summed E-state index contributed by atoms with van der Waals surface area (Å²) < 4.78 is 28.6. The Morgan fingerprint density at radius 2 is 2.33 bits per heavy atom. The van der Waals surface area contributed by atoms with Crippen molar-refractivity contribution in [2.75, 3.05) is 31.3 Å². The summed E-state index contributed by atoms with van der Waals surface area (Å²) in [4.78, 5) is 18.7. The fourth-order valence-electron chi connectivity index (χ4n) is 2.02. The second-order valence-electron chi connectivity index (χ2n) is 4.95. The Hall–Kier alpha value is -1.19. The maximum absolute atomic E-state index is 12.2. The van der Waals surface area contributed by atoms with E-state index >= 15 is 0 Å². The van der Waals surface area contributed by atoms with Gasteiger partial charge in [-0.25, -0.2) is 18.2 Å². The van der Waals surface area contributed by atoms with Crippen molar-refractivity contribution in [3.8, 4) is 0 Å². The molecule has 2 amide bonds. The molecule has 1 aromatic heterocycles. The molecular weight excluding hydrogens is 314 g/mol. The molecule has 118 valence electrons. The predicted molar refractivity (Wildman–Crippen MR) is 81.3 cm³/mol. The molecule has 21 heavy (non-hydrogen) atoms. The summed E-state index contributed by atoms with van der Waals surface area (Å²) in [7, 11) is -1.50. The van der Waals surface area contributed by atoms with Gasteiger partial charge in [-0.05, 0) is 13.3 Å². The second kappa shape index (κ2) is 6.71. The zero-order chi connectivity index (χ0) is 15.5. The van der Waals surface area contributed by atoms with Crippen LogP contribution in [0, 0.1) is 0 Å². The van der Waals surface area contributed by atoms with Crippen LogP contribution in [0.4, 0.5) is 9.93 Å². The minimum absolute atomic E-state index is 0.00831. The summed E-state index contributed by atoms with van der Waals surface area (Å²) in [6.07, 6.45) is 2.11. The van der Waals surface area contributed by atoms with Gasteiger partial charge in [0.05, 0.1) is 22.5 Å². The molecule has 0 spiro atoms. The van der Waals surface area contributed by atoms with Gasteiger partial charge in [0.2, 0.25) is 0 Å². The number of nitrogens with zero attached hydrogens (tertiary/aromatic N) is 2. The molecule has 1 fully saturated rings. The molecule has 9 heteroatoms. The van der Waals surface area contributed by atoms with Crippen LogP contribution in [0.5, 0.6) is 0 Å². The molecule has 1 saturated heterocycles. The number of rotatable bonds is 3. The van der Waals surface area contributed by atoms with Gasteiger partial charge in [-0.15, -0.1) is 0 Å². The Morgan fingerprint density at radius 1 is 1.57 bits per heavy atom. The van der Waals surface area contributed by atoms with E-state index in [-0.39, 0.29) is 18.3 Å². The molecule has 0 aliphatic carbocycles. The Balaban J connectivity index is 1.96. The highest BCUT2D eigenvalue weighted by Crippen LogP contribution is 2.20. The van der Waals surface area contributed by atoms with Gasteiger partial charge in [-0.2, -0.15) is 0 Å². The van der Waals surface area contributed by atoms with E-state index in [1.54, 1.807) is 20.2 Å². The molecule has 2 rings (SSSR count). The highest BCUT2D eigenvalue weighted by atomic mass is 32.2. The molecule has 1 N–H and O–H groups in total. The van der Waals surface area contributed by atoms with Crippen LogP contribution >= 0.6 is 11.3 Å². The topological polar surface area (TPSA) is 88.6 Å². The molecular formula is C12H19N3O4S2. The molecule has 1 aromatic rings. The van der Waals surface area contributed by atoms with Crippen molar-refractivity contribution in [2.24, 2.45) is 0 Å². The van der Waals surface area contributed by atoms with E-state index in [0.29, 0.717) is 24.7 Å². The summed E-state index contributed by atoms with van der Waals surface area (Å²) in [5.41, 5.74) is 0. The van der Waals surface area contributed by atoms with E-state index in [4.69, 9.17) is 4.74 Å². The van der Waals surface area contributed by atoms with Crippen molar-refractivity contribution in [2.45, 2.75) is 25.2 Å². The van der Waals surface area contributed by atoms with Crippen molar-refractivity contribution < 1.29 is 17.9 Å². The average Bonchev–Trinajstić information content (AvgIpc) is 2.80. The van der Waals surface area contributed by atoms with Crippen molar-refractivity contribution in [3.05, 3.63) is 11.1 Å². The van der Waals surface area contributed by atoms with Crippen LogP contribution in [0.3, 0.4) is 0 Å². The summed E-state index contributed by atoms with van der Waals surface area (Å²) in [5, 5.41) is 2.80. The Bertz CT molecular complexity index is 599. The van der Waals surface area contributed by atoms with Crippen molar-refractivity contribution in [1.29, 1.82) is 0 Å². The van der Waals surface area contributed by atoms with E-state index in [1.807, 2.05) is 0 Å². The van der Waals surface area contributed by atoms with Crippen molar-refractivity contribution in [1.82, 2.24) is 9.88 Å². The maximum Gasteiger partial charge on any atom is 0.323 e. The van der Waals surface area contributed by atoms with Crippen LogP contribution < -0.4 is 5.32 Å². The van der Waals surface area contributed by atoms with Gasteiger partial charge in [-0.3, -0.25) is 5.32 Å². The van der Waals surface area contributed by atoms with Crippen LogP contribution in [0.25, 0.3) is 0 Å². The number of urea groups is 1. The molecule has 2 heterocycles. The van der Waals surface area contributed by atoms with E-state index in [1.165, 1.54) is 16.2 Å². The number of sulfone groups is 1. The summed E-state index contributed by atoms with van der Waals surface area (Å²) in [5.74, 6) is 0.00831. The normalized spacial score (nSPS) is 21.8. The number of ether oxygens (including phenoxy) is 1. The number of anilines is 1. The maximum atomic E-state index is 12.2. The Morgan fingerprint density at radius 3 is 3.05 bits per heavy atom. The van der Waals surface area contributed by atoms with Gasteiger partial charge < -0.3 is 9.64 Å². The quantitative estimate of drug-likeness (QED) is 0.901. The van der Waals surface area contributed by atoms with Crippen LogP contribution in [-0.4, -0.2) is 55.5 Å². The zero-order valence-corrected chi connectivity index (χ0v) is 13.7. The fourth-order valence-corrected chi connectivity index (χ4v) is 4.13. The van der Waals surface area contributed by atoms with E-state index in [9.17, 15) is 13.2 Å². The Kier molecular flexibility index (Phi) is 5.17. The van der Waals surface area contributed by atoms with Crippen molar-refractivity contribution >= 4 is 32.3 Å². The number of carbonyl (C=O) groups is 1. The molecule has 0 bridgehead atoms. The third-order valence-electron chi connectivity index (χ3n) is 3.41. The lowest BCUT2D eigenvalue weighted by molar-refractivity contribution is 0.187. The molecule has 7 nitrogen and oxygen atoms in total. The number of hydrogen-bond donors (Lipinski definition) is 1. The number of amides is 2. The highest BCUT2D eigenvalue weighted by Gasteiger charge is 2.28. The first-order valence-corrected chi connectivity index (χ1v) is 9.16. The van der Waals surface area contributed by atoms with Gasteiger partial charge >= 0.3 is 6.03 Å². The monoisotopic (exact) mass is 333 g/mol. The van der Waals surface area contributed by atoms with Crippen LogP contribution in [-0.2, 0) is 21.2 Å². The first-order chi connectivity index (χ1) is 9.92. The molecule has 0 radical (unpaired) electrons. The molecule has 1 aliphatic rings. The summed E-state index contributed by atoms with van der Waals surface area (Å²) in [6, 6.07) is -0.308. The number of carbonyl (C=O) groups excluding carboxylic acids is 1. The smallest absolute Gasteiger partial charge is 0.323 e. The lowest BCUT2D eigenvalue weighted by atomic mass is 10.3. The number of thiazole rings is 1. The van der Waals surface area contributed by atoms with Gasteiger partial charge in [0.25, 0.3) is 0 Å². The first kappa shape index (κ1) is 16.2. The number of nitrogens with one attached hydrogen (secondary N) is 1. The summed E-state index contributed by atoms with van der Waals surface area (Å²) >= 11 is 1.34. The zero-order valence-electron chi connectivity index (χ0n) is 12.0. The van der Waals surface area contributed by atoms with Crippen molar-refractivity contribution in [3.63, 3.8) is 0 Å². The Labute approximate surface area is 128 Å². The van der Waals surface area contributed by atoms with E-state index in [2.05, 4.69) is 10.3 Å². The van der Waals surface area contributed by atoms with E-state index in [0.717, 1.165) is 4.88 Å². The fraction of sp³-hybridized carbons (Fsp3) is 0.667. The van der Waals surface area contributed by atoms with Gasteiger partial charge in [0, 0.05) is 26.4 Å². The van der Waals surface area contributed by atoms with Crippen LogP contribution in [0.1, 0.15) is 18.2 Å². The molecule has 0 saturated carbocycles. The number of hydrogen-bond acceptors (Lipinski definition) is 6.